The molecule has 0 aliphatic heterocycles. The number of sulfone groups is 1. The van der Waals surface area contributed by atoms with Gasteiger partial charge in [-0.2, -0.15) is 36.3 Å². The summed E-state index contributed by atoms with van der Waals surface area (Å²) in [6.07, 6.45) is -9.67. The van der Waals surface area contributed by atoms with Gasteiger partial charge in [-0.25, -0.2) is 8.42 Å². The molecule has 0 atom stereocenters. The molecule has 0 heterocycles. The lowest BCUT2D eigenvalue weighted by Crippen LogP contribution is -2.24. The fraction of sp³-hybridized carbons (Fsp3) is 0.125. The number of nitrogens with two attached hydrogens (primary N) is 4. The van der Waals surface area contributed by atoms with Crippen LogP contribution in [0.5, 0.6) is 0 Å². The minimum Gasteiger partial charge on any atom is -0.370 e. The first-order valence-corrected chi connectivity index (χ1v) is 18.0. The Labute approximate surface area is 313 Å². The summed E-state index contributed by atoms with van der Waals surface area (Å²) in [5, 5.41) is 0. The number of aryl methyl sites for hydroxylation is 2. The summed E-state index contributed by atoms with van der Waals surface area (Å²) in [5.74, 6) is -3.16. The van der Waals surface area contributed by atoms with Crippen LogP contribution in [0.2, 0.25) is 0 Å². The highest BCUT2D eigenvalue weighted by molar-refractivity contribution is 9.10. The summed E-state index contributed by atoms with van der Waals surface area (Å²) in [6.45, 7) is 2.81. The Bertz CT molecular complexity index is 2200. The molecular weight excluding hydrogens is 870 g/mol. The number of carbonyl (C=O) groups is 2. The van der Waals surface area contributed by atoms with Gasteiger partial charge >= 0.3 is 12.4 Å². The highest BCUT2D eigenvalue weighted by atomic mass is 79.9. The largest absolute Gasteiger partial charge is 0.417 e. The summed E-state index contributed by atoms with van der Waals surface area (Å²) in [6, 6.07) is 15.7. The highest BCUT2D eigenvalue weighted by Crippen LogP contribution is 2.43. The molecule has 0 spiro atoms. The van der Waals surface area contributed by atoms with E-state index < -0.39 is 67.5 Å². The number of aliphatic imine (C=N–C) groups is 2. The number of amides is 2. The second-order valence-corrected chi connectivity index (χ2v) is 15.2. The number of benzene rings is 4. The maximum atomic E-state index is 13.6. The monoisotopic (exact) mass is 894 g/mol. The average Bonchev–Trinajstić information content (AvgIpc) is 3.00. The molecule has 4 aromatic carbocycles. The molecule has 2 amide bonds. The Morgan fingerprint density at radius 2 is 1.08 bits per heavy atom. The molecule has 4 aromatic rings. The van der Waals surface area contributed by atoms with Gasteiger partial charge in [0.15, 0.2) is 11.9 Å². The van der Waals surface area contributed by atoms with E-state index in [1.165, 1.54) is 44.2 Å². The van der Waals surface area contributed by atoms with Gasteiger partial charge in [-0.05, 0) is 105 Å². The van der Waals surface area contributed by atoms with E-state index in [2.05, 4.69) is 41.8 Å². The van der Waals surface area contributed by atoms with Crippen LogP contribution in [0.15, 0.2) is 111 Å². The van der Waals surface area contributed by atoms with Crippen molar-refractivity contribution in [2.45, 2.75) is 45.8 Å². The lowest BCUT2D eigenvalue weighted by molar-refractivity contribution is -0.140. The van der Waals surface area contributed by atoms with Crippen LogP contribution in [0, 0.1) is 13.8 Å². The third-order valence-corrected chi connectivity index (χ3v) is 11.6. The van der Waals surface area contributed by atoms with Crippen molar-refractivity contribution in [2.75, 3.05) is 0 Å². The zero-order chi connectivity index (χ0) is 39.3. The molecule has 0 aromatic heterocycles. The number of alkyl halides is 6. The molecule has 0 unspecified atom stereocenters. The third-order valence-electron chi connectivity index (χ3n) is 6.66. The van der Waals surface area contributed by atoms with Gasteiger partial charge in [0.1, 0.15) is 0 Å². The molecule has 4 rings (SSSR count). The highest BCUT2D eigenvalue weighted by Gasteiger charge is 2.40. The van der Waals surface area contributed by atoms with Crippen molar-refractivity contribution < 1.29 is 44.3 Å². The second-order valence-electron chi connectivity index (χ2n) is 10.5. The summed E-state index contributed by atoms with van der Waals surface area (Å²) in [4.78, 5) is 29.7. The molecule has 20 heteroatoms. The number of carbonyl (C=O) groups excluding carboxylic acids is 2. The van der Waals surface area contributed by atoms with Crippen molar-refractivity contribution in [2.24, 2.45) is 32.9 Å². The minimum atomic E-state index is -5.04. The summed E-state index contributed by atoms with van der Waals surface area (Å²) >= 11 is 7.29. The van der Waals surface area contributed by atoms with Crippen LogP contribution in [0.1, 0.15) is 43.0 Å². The van der Waals surface area contributed by atoms with Gasteiger partial charge in [0, 0.05) is 29.9 Å². The molecule has 0 bridgehead atoms. The van der Waals surface area contributed by atoms with Crippen LogP contribution < -0.4 is 22.9 Å². The number of rotatable bonds is 6. The van der Waals surface area contributed by atoms with Crippen molar-refractivity contribution in [1.29, 1.82) is 0 Å². The summed E-state index contributed by atoms with van der Waals surface area (Å²) in [7, 11) is -4.53. The fourth-order valence-corrected chi connectivity index (χ4v) is 8.49. The van der Waals surface area contributed by atoms with Gasteiger partial charge < -0.3 is 22.9 Å². The van der Waals surface area contributed by atoms with E-state index in [0.29, 0.717) is 21.0 Å². The van der Waals surface area contributed by atoms with Crippen molar-refractivity contribution in [3.8, 4) is 0 Å². The quantitative estimate of drug-likeness (QED) is 0.0868. The Kier molecular flexibility index (Phi) is 13.3. The maximum Gasteiger partial charge on any atom is 0.417 e. The average molecular weight is 897 g/mol. The number of guanidine groups is 2. The third kappa shape index (κ3) is 10.4. The Hall–Kier alpha value is -4.40. The lowest BCUT2D eigenvalue weighted by atomic mass is 10.0. The van der Waals surface area contributed by atoms with Crippen LogP contribution in [0.3, 0.4) is 0 Å². The molecule has 52 heavy (non-hydrogen) atoms. The predicted octanol–water partition coefficient (Wildman–Crippen LogP) is 7.36. The first-order chi connectivity index (χ1) is 23.9. The van der Waals surface area contributed by atoms with E-state index in [-0.39, 0.29) is 25.4 Å². The first kappa shape index (κ1) is 42.0. The van der Waals surface area contributed by atoms with E-state index in [1.54, 1.807) is 24.3 Å². The molecule has 10 nitrogen and oxygen atoms in total. The van der Waals surface area contributed by atoms with Crippen LogP contribution in [-0.2, 0) is 22.2 Å². The fourth-order valence-electron chi connectivity index (χ4n) is 4.36. The molecular formula is C32H26Br2F6N6O4S2. The van der Waals surface area contributed by atoms with Crippen LogP contribution in [-0.4, -0.2) is 32.2 Å². The van der Waals surface area contributed by atoms with Crippen LogP contribution in [0.25, 0.3) is 0 Å². The van der Waals surface area contributed by atoms with Gasteiger partial charge in [0.25, 0.3) is 11.8 Å². The molecule has 0 aliphatic rings. The predicted molar refractivity (Wildman–Crippen MR) is 191 cm³/mol. The van der Waals surface area contributed by atoms with Gasteiger partial charge in [0.05, 0.1) is 20.9 Å². The zero-order valence-corrected chi connectivity index (χ0v) is 31.4. The first-order valence-electron chi connectivity index (χ1n) is 14.1. The van der Waals surface area contributed by atoms with Crippen LogP contribution >= 0.6 is 43.6 Å². The summed E-state index contributed by atoms with van der Waals surface area (Å²) < 4.78 is 108. The Morgan fingerprint density at radius 3 is 1.54 bits per heavy atom. The van der Waals surface area contributed by atoms with Gasteiger partial charge in [-0.3, -0.25) is 9.59 Å². The molecule has 0 aliphatic carbocycles. The van der Waals surface area contributed by atoms with Crippen molar-refractivity contribution in [3.63, 3.8) is 0 Å². The lowest BCUT2D eigenvalue weighted by Gasteiger charge is -2.16. The van der Waals surface area contributed by atoms with Crippen LogP contribution in [0.4, 0.5) is 26.3 Å². The maximum absolute atomic E-state index is 13.6. The van der Waals surface area contributed by atoms with Crippen molar-refractivity contribution >= 4 is 77.2 Å². The summed E-state index contributed by atoms with van der Waals surface area (Å²) in [5.41, 5.74) is 17.7. The topological polar surface area (TPSA) is 197 Å². The van der Waals surface area contributed by atoms with E-state index in [4.69, 9.17) is 22.9 Å². The zero-order valence-electron chi connectivity index (χ0n) is 26.6. The Balaban J connectivity index is 0.000000281. The molecule has 0 saturated heterocycles. The molecule has 8 N–H and O–H groups in total. The van der Waals surface area contributed by atoms with Gasteiger partial charge in [-0.1, -0.05) is 36.0 Å². The number of nitrogens with zero attached hydrogens (tertiary/aromatic N) is 2. The molecule has 0 fully saturated rings. The standard InChI is InChI=1S/C16H13BrF3N3O3S.C16H13BrF3N3OS/c1-8-6-13(27(25,26)12-5-3-2-4-11(12)17)10(16(18,19)20)7-9(8)14(24)23-15(21)22;1-8-6-13(25-12-5-3-2-4-11(12)17)10(16(18,19)20)7-9(8)14(24)23-15(21)22/h2-7H,1H3,(H4,21,22,23,24);2-7H,1H3,(H4,21,22,23,24). The molecule has 0 radical (unpaired) electrons. The van der Waals surface area contributed by atoms with E-state index in [9.17, 15) is 44.3 Å². The van der Waals surface area contributed by atoms with E-state index in [1.807, 2.05) is 0 Å². The molecule has 276 valence electrons. The normalized spacial score (nSPS) is 11.6. The van der Waals surface area contributed by atoms with Gasteiger partial charge in [0.2, 0.25) is 9.84 Å². The number of halogens is 8. The number of hydrogen-bond acceptors (Lipinski definition) is 5. The SMILES string of the molecule is Cc1cc(S(=O)(=O)c2ccccc2Br)c(C(F)(F)F)cc1C(=O)N=C(N)N.Cc1cc(Sc2ccccc2Br)c(C(F)(F)F)cc1C(=O)N=C(N)N. The van der Waals surface area contributed by atoms with Gasteiger partial charge in [-0.15, -0.1) is 0 Å². The number of hydrogen-bond donors (Lipinski definition) is 4. The Morgan fingerprint density at radius 1 is 0.635 bits per heavy atom. The smallest absolute Gasteiger partial charge is 0.370 e. The molecule has 0 saturated carbocycles. The van der Waals surface area contributed by atoms with Crippen molar-refractivity contribution in [3.05, 3.63) is 115 Å². The van der Waals surface area contributed by atoms with E-state index >= 15 is 0 Å². The van der Waals surface area contributed by atoms with Crippen molar-refractivity contribution in [1.82, 2.24) is 0 Å². The van der Waals surface area contributed by atoms with E-state index in [0.717, 1.165) is 23.9 Å². The minimum absolute atomic E-state index is 0.0156. The second kappa shape index (κ2) is 16.5.